The third-order valence-corrected chi connectivity index (χ3v) is 3.39. The molecule has 0 fully saturated rings. The molecule has 1 heterocycles. The fourth-order valence-electron chi connectivity index (χ4n) is 2.29. The van der Waals surface area contributed by atoms with Gasteiger partial charge in [0, 0.05) is 12.7 Å². The van der Waals surface area contributed by atoms with E-state index in [-0.39, 0.29) is 6.10 Å². The largest absolute Gasteiger partial charge is 0.387 e. The van der Waals surface area contributed by atoms with Crippen molar-refractivity contribution >= 4 is 0 Å². The predicted molar refractivity (Wildman–Crippen MR) is 70.8 cm³/mol. The van der Waals surface area contributed by atoms with Crippen LogP contribution in [0.2, 0.25) is 0 Å². The Balaban J connectivity index is 2.70. The summed E-state index contributed by atoms with van der Waals surface area (Å²) in [6.45, 7) is 7.38. The molecule has 0 spiro atoms. The average Bonchev–Trinajstić information content (AvgIpc) is 2.78. The maximum atomic E-state index is 10.4. The number of aryl methyl sites for hydroxylation is 1. The highest BCUT2D eigenvalue weighted by Gasteiger charge is 2.21. The number of hydrogen-bond acceptors (Lipinski definition) is 2. The van der Waals surface area contributed by atoms with Crippen molar-refractivity contribution in [2.45, 2.75) is 65.5 Å². The molecule has 0 saturated carbocycles. The smallest absolute Gasteiger partial charge is 0.0984 e. The van der Waals surface area contributed by atoms with Crippen LogP contribution in [0.3, 0.4) is 0 Å². The molecule has 2 unspecified atom stereocenters. The van der Waals surface area contributed by atoms with Gasteiger partial charge in [0.25, 0.3) is 0 Å². The van der Waals surface area contributed by atoms with Gasteiger partial charge in [-0.05, 0) is 24.8 Å². The molecule has 0 aliphatic carbocycles. The van der Waals surface area contributed by atoms with Gasteiger partial charge >= 0.3 is 0 Å². The third-order valence-electron chi connectivity index (χ3n) is 3.39. The molecule has 1 N–H and O–H groups in total. The zero-order valence-corrected chi connectivity index (χ0v) is 11.4. The summed E-state index contributed by atoms with van der Waals surface area (Å²) < 4.78 is 1.94. The van der Waals surface area contributed by atoms with Crippen molar-refractivity contribution in [2.24, 2.45) is 5.92 Å². The molecular formula is C14H26N2O. The molecule has 17 heavy (non-hydrogen) atoms. The normalized spacial score (nSPS) is 14.8. The number of rotatable bonds is 8. The van der Waals surface area contributed by atoms with Crippen LogP contribution in [0, 0.1) is 5.92 Å². The van der Waals surface area contributed by atoms with E-state index in [9.17, 15) is 5.11 Å². The van der Waals surface area contributed by atoms with E-state index in [1.807, 2.05) is 10.7 Å². The van der Waals surface area contributed by atoms with Crippen molar-refractivity contribution in [1.29, 1.82) is 0 Å². The third kappa shape index (κ3) is 3.84. The van der Waals surface area contributed by atoms with Gasteiger partial charge in [-0.3, -0.25) is 4.68 Å². The van der Waals surface area contributed by atoms with E-state index in [2.05, 4.69) is 25.9 Å². The van der Waals surface area contributed by atoms with Gasteiger partial charge in [-0.1, -0.05) is 40.0 Å². The van der Waals surface area contributed by atoms with E-state index in [1.165, 1.54) is 12.8 Å². The molecule has 0 aliphatic rings. The summed E-state index contributed by atoms with van der Waals surface area (Å²) in [6.07, 6.45) is 6.99. The fourth-order valence-corrected chi connectivity index (χ4v) is 2.29. The van der Waals surface area contributed by atoms with Crippen LogP contribution < -0.4 is 0 Å². The van der Waals surface area contributed by atoms with Crippen molar-refractivity contribution < 1.29 is 5.11 Å². The Morgan fingerprint density at radius 2 is 2.06 bits per heavy atom. The second kappa shape index (κ2) is 7.49. The summed E-state index contributed by atoms with van der Waals surface area (Å²) in [5, 5.41) is 14.7. The standard InChI is InChI=1S/C14H26N2O/c1-4-7-8-12(6-3)14(17)13-9-10-15-16(13)11-5-2/h9-10,12,14,17H,4-8,11H2,1-3H3. The first kappa shape index (κ1) is 14.2. The first-order chi connectivity index (χ1) is 8.24. The van der Waals surface area contributed by atoms with Crippen LogP contribution in [0.15, 0.2) is 12.3 Å². The van der Waals surface area contributed by atoms with Crippen molar-refractivity contribution in [2.75, 3.05) is 0 Å². The van der Waals surface area contributed by atoms with E-state index in [4.69, 9.17) is 0 Å². The lowest BCUT2D eigenvalue weighted by Gasteiger charge is -2.22. The van der Waals surface area contributed by atoms with Crippen LogP contribution in [0.4, 0.5) is 0 Å². The molecule has 1 aromatic rings. The molecule has 0 aliphatic heterocycles. The van der Waals surface area contributed by atoms with Gasteiger partial charge in [0.1, 0.15) is 0 Å². The molecule has 3 heteroatoms. The highest BCUT2D eigenvalue weighted by molar-refractivity contribution is 5.05. The number of aliphatic hydroxyl groups excluding tert-OH is 1. The van der Waals surface area contributed by atoms with Gasteiger partial charge in [-0.15, -0.1) is 0 Å². The van der Waals surface area contributed by atoms with Crippen LogP contribution in [0.1, 0.15) is 64.7 Å². The fraction of sp³-hybridized carbons (Fsp3) is 0.786. The molecule has 3 nitrogen and oxygen atoms in total. The van der Waals surface area contributed by atoms with Crippen molar-refractivity contribution in [3.8, 4) is 0 Å². The molecule has 1 aromatic heterocycles. The minimum Gasteiger partial charge on any atom is -0.387 e. The average molecular weight is 238 g/mol. The van der Waals surface area contributed by atoms with Crippen molar-refractivity contribution in [3.63, 3.8) is 0 Å². The van der Waals surface area contributed by atoms with E-state index >= 15 is 0 Å². The van der Waals surface area contributed by atoms with E-state index in [0.29, 0.717) is 5.92 Å². The van der Waals surface area contributed by atoms with Crippen LogP contribution in [-0.4, -0.2) is 14.9 Å². The van der Waals surface area contributed by atoms with Gasteiger partial charge in [-0.2, -0.15) is 5.10 Å². The maximum absolute atomic E-state index is 10.4. The Morgan fingerprint density at radius 1 is 1.29 bits per heavy atom. The summed E-state index contributed by atoms with van der Waals surface area (Å²) in [6, 6.07) is 1.95. The molecule has 0 aromatic carbocycles. The first-order valence-corrected chi connectivity index (χ1v) is 6.94. The predicted octanol–water partition coefficient (Wildman–Crippen LogP) is 3.54. The van der Waals surface area contributed by atoms with E-state index in [0.717, 1.165) is 31.5 Å². The van der Waals surface area contributed by atoms with Gasteiger partial charge in [0.05, 0.1) is 11.8 Å². The lowest BCUT2D eigenvalue weighted by molar-refractivity contribution is 0.0899. The number of aliphatic hydroxyl groups is 1. The molecular weight excluding hydrogens is 212 g/mol. The second-order valence-corrected chi connectivity index (χ2v) is 4.73. The van der Waals surface area contributed by atoms with Crippen LogP contribution in [0.25, 0.3) is 0 Å². The second-order valence-electron chi connectivity index (χ2n) is 4.73. The van der Waals surface area contributed by atoms with E-state index in [1.54, 1.807) is 6.20 Å². The Bertz CT molecular complexity index is 309. The molecule has 0 saturated heterocycles. The minimum atomic E-state index is -0.361. The van der Waals surface area contributed by atoms with Gasteiger partial charge in [-0.25, -0.2) is 0 Å². The number of unbranched alkanes of at least 4 members (excludes halogenated alkanes) is 1. The molecule has 98 valence electrons. The summed E-state index contributed by atoms with van der Waals surface area (Å²) in [5.41, 5.74) is 0.981. The monoisotopic (exact) mass is 238 g/mol. The number of nitrogens with zero attached hydrogens (tertiary/aromatic N) is 2. The summed E-state index contributed by atoms with van der Waals surface area (Å²) in [7, 11) is 0. The van der Waals surface area contributed by atoms with Gasteiger partial charge < -0.3 is 5.11 Å². The molecule has 0 radical (unpaired) electrons. The Hall–Kier alpha value is -0.830. The van der Waals surface area contributed by atoms with Gasteiger partial charge in [0.2, 0.25) is 0 Å². The topological polar surface area (TPSA) is 38.1 Å². The molecule has 0 amide bonds. The molecule has 1 rings (SSSR count). The molecule has 0 bridgehead atoms. The Morgan fingerprint density at radius 3 is 2.65 bits per heavy atom. The van der Waals surface area contributed by atoms with Crippen LogP contribution in [-0.2, 0) is 6.54 Å². The quantitative estimate of drug-likeness (QED) is 0.752. The van der Waals surface area contributed by atoms with Crippen LogP contribution >= 0.6 is 0 Å². The van der Waals surface area contributed by atoms with Crippen molar-refractivity contribution in [1.82, 2.24) is 9.78 Å². The lowest BCUT2D eigenvalue weighted by Crippen LogP contribution is -2.17. The van der Waals surface area contributed by atoms with Crippen molar-refractivity contribution in [3.05, 3.63) is 18.0 Å². The van der Waals surface area contributed by atoms with Gasteiger partial charge in [0.15, 0.2) is 0 Å². The van der Waals surface area contributed by atoms with Crippen LogP contribution in [0.5, 0.6) is 0 Å². The van der Waals surface area contributed by atoms with E-state index < -0.39 is 0 Å². The highest BCUT2D eigenvalue weighted by Crippen LogP contribution is 2.28. The summed E-state index contributed by atoms with van der Waals surface area (Å²) in [4.78, 5) is 0. The Kier molecular flexibility index (Phi) is 6.27. The SMILES string of the molecule is CCCCC(CC)C(O)c1ccnn1CCC. The summed E-state index contributed by atoms with van der Waals surface area (Å²) in [5.74, 6) is 0.363. The summed E-state index contributed by atoms with van der Waals surface area (Å²) >= 11 is 0. The Labute approximate surface area is 105 Å². The zero-order valence-electron chi connectivity index (χ0n) is 11.4. The lowest BCUT2D eigenvalue weighted by atomic mass is 9.91. The minimum absolute atomic E-state index is 0.361. The number of aromatic nitrogens is 2. The number of hydrogen-bond donors (Lipinski definition) is 1. The highest BCUT2D eigenvalue weighted by atomic mass is 16.3. The zero-order chi connectivity index (χ0) is 12.7. The first-order valence-electron chi connectivity index (χ1n) is 6.94. The molecule has 2 atom stereocenters. The maximum Gasteiger partial charge on any atom is 0.0984 e.